The minimum absolute atomic E-state index is 0.0942. The van der Waals surface area contributed by atoms with E-state index in [-0.39, 0.29) is 17.1 Å². The van der Waals surface area contributed by atoms with Crippen molar-refractivity contribution in [2.75, 3.05) is 31.1 Å². The number of aromatic nitrogens is 3. The monoisotopic (exact) mass is 447 g/mol. The molecule has 8 heteroatoms. The van der Waals surface area contributed by atoms with Gasteiger partial charge in [-0.15, -0.1) is 0 Å². The second-order valence-corrected chi connectivity index (χ2v) is 7.95. The standard InChI is InChI=1S/C24H19ClFN5O/c1-2-19(32)30-9-11-31(12-10-30)24-17-13-27-22(21(26)23(17)28-14-29-24)16-7-3-5-15-6-4-8-18(25)20(15)16/h2-8,13-14H,1,9-12H2. The average molecular weight is 448 g/mol. The van der Waals surface area contributed by atoms with Gasteiger partial charge in [-0.05, 0) is 17.5 Å². The molecule has 1 amide bonds. The molecule has 0 spiro atoms. The molecule has 0 atom stereocenters. The van der Waals surface area contributed by atoms with E-state index in [4.69, 9.17) is 11.6 Å². The zero-order valence-electron chi connectivity index (χ0n) is 17.1. The highest BCUT2D eigenvalue weighted by molar-refractivity contribution is 6.36. The fourth-order valence-electron chi connectivity index (χ4n) is 4.18. The van der Waals surface area contributed by atoms with Gasteiger partial charge in [-0.2, -0.15) is 0 Å². The highest BCUT2D eigenvalue weighted by Gasteiger charge is 2.24. The van der Waals surface area contributed by atoms with Crippen molar-refractivity contribution in [3.8, 4) is 11.3 Å². The van der Waals surface area contributed by atoms with Gasteiger partial charge >= 0.3 is 0 Å². The van der Waals surface area contributed by atoms with Crippen molar-refractivity contribution in [3.05, 3.63) is 72.4 Å². The maximum Gasteiger partial charge on any atom is 0.246 e. The first-order valence-electron chi connectivity index (χ1n) is 10.2. The van der Waals surface area contributed by atoms with E-state index in [0.29, 0.717) is 48.0 Å². The van der Waals surface area contributed by atoms with E-state index in [1.165, 1.54) is 12.4 Å². The molecule has 1 fully saturated rings. The molecule has 0 radical (unpaired) electrons. The number of pyridine rings is 1. The molecule has 0 N–H and O–H groups in total. The van der Waals surface area contributed by atoms with Gasteiger partial charge in [0, 0.05) is 48.3 Å². The number of rotatable bonds is 3. The van der Waals surface area contributed by atoms with Crippen LogP contribution in [0.15, 0.2) is 61.6 Å². The Balaban J connectivity index is 1.57. The molecule has 4 aromatic rings. The van der Waals surface area contributed by atoms with E-state index in [9.17, 15) is 4.79 Å². The van der Waals surface area contributed by atoms with Gasteiger partial charge in [-0.1, -0.05) is 48.5 Å². The molecule has 2 aromatic heterocycles. The number of piperazine rings is 1. The topological polar surface area (TPSA) is 62.2 Å². The molecule has 160 valence electrons. The van der Waals surface area contributed by atoms with Crippen LogP contribution in [0.25, 0.3) is 32.9 Å². The first-order chi connectivity index (χ1) is 15.6. The van der Waals surface area contributed by atoms with Crippen molar-refractivity contribution in [1.29, 1.82) is 0 Å². The van der Waals surface area contributed by atoms with Crippen molar-refractivity contribution in [3.63, 3.8) is 0 Å². The highest BCUT2D eigenvalue weighted by atomic mass is 35.5. The number of carbonyl (C=O) groups excluding carboxylic acids is 1. The lowest BCUT2D eigenvalue weighted by Gasteiger charge is -2.35. The van der Waals surface area contributed by atoms with Crippen LogP contribution >= 0.6 is 11.6 Å². The average Bonchev–Trinajstić information content (AvgIpc) is 2.83. The summed E-state index contributed by atoms with van der Waals surface area (Å²) in [6.45, 7) is 5.77. The Kier molecular flexibility index (Phi) is 5.19. The van der Waals surface area contributed by atoms with Gasteiger partial charge in [-0.25, -0.2) is 14.4 Å². The molecule has 6 nitrogen and oxygen atoms in total. The quantitative estimate of drug-likeness (QED) is 0.433. The van der Waals surface area contributed by atoms with E-state index in [1.807, 2.05) is 35.2 Å². The van der Waals surface area contributed by atoms with Crippen molar-refractivity contribution < 1.29 is 9.18 Å². The van der Waals surface area contributed by atoms with Crippen molar-refractivity contribution in [2.45, 2.75) is 0 Å². The first kappa shape index (κ1) is 20.3. The van der Waals surface area contributed by atoms with Gasteiger partial charge in [-0.3, -0.25) is 9.78 Å². The summed E-state index contributed by atoms with van der Waals surface area (Å²) in [5, 5.41) is 2.73. The lowest BCUT2D eigenvalue weighted by molar-refractivity contribution is -0.126. The Hall–Kier alpha value is -3.58. The number of nitrogens with zero attached hydrogens (tertiary/aromatic N) is 5. The van der Waals surface area contributed by atoms with Crippen LogP contribution in [-0.4, -0.2) is 51.9 Å². The largest absolute Gasteiger partial charge is 0.352 e. The summed E-state index contributed by atoms with van der Waals surface area (Å²) in [5.74, 6) is -0.00283. The number of benzene rings is 2. The molecular formula is C24H19ClFN5O. The number of carbonyl (C=O) groups is 1. The normalized spacial score (nSPS) is 14.2. The summed E-state index contributed by atoms with van der Waals surface area (Å²) >= 11 is 6.44. The minimum atomic E-state index is -0.515. The van der Waals surface area contributed by atoms with Crippen LogP contribution < -0.4 is 4.90 Å². The van der Waals surface area contributed by atoms with Crippen LogP contribution in [0.3, 0.4) is 0 Å². The molecule has 1 saturated heterocycles. The summed E-state index contributed by atoms with van der Waals surface area (Å²) in [4.78, 5) is 28.7. The minimum Gasteiger partial charge on any atom is -0.352 e. The van der Waals surface area contributed by atoms with E-state index < -0.39 is 5.82 Å². The lowest BCUT2D eigenvalue weighted by atomic mass is 10.0. The fourth-order valence-corrected chi connectivity index (χ4v) is 4.46. The second-order valence-electron chi connectivity index (χ2n) is 7.54. The Morgan fingerprint density at radius 2 is 1.81 bits per heavy atom. The third-order valence-corrected chi connectivity index (χ3v) is 6.09. The third kappa shape index (κ3) is 3.35. The maximum absolute atomic E-state index is 15.7. The molecule has 0 aliphatic carbocycles. The van der Waals surface area contributed by atoms with E-state index in [1.54, 1.807) is 17.2 Å². The summed E-state index contributed by atoms with van der Waals surface area (Å²) in [7, 11) is 0. The van der Waals surface area contributed by atoms with Crippen LogP contribution in [-0.2, 0) is 4.79 Å². The molecule has 0 saturated carbocycles. The molecule has 0 bridgehead atoms. The molecule has 2 aromatic carbocycles. The van der Waals surface area contributed by atoms with Gasteiger partial charge in [0.05, 0.1) is 5.39 Å². The summed E-state index contributed by atoms with van der Waals surface area (Å²) in [6.07, 6.45) is 4.29. The van der Waals surface area contributed by atoms with Crippen molar-refractivity contribution >= 4 is 45.0 Å². The molecule has 5 rings (SSSR count). The number of fused-ring (bicyclic) bond motifs is 2. The second kappa shape index (κ2) is 8.16. The molecular weight excluding hydrogens is 429 g/mol. The summed E-state index contributed by atoms with van der Waals surface area (Å²) in [5.41, 5.74) is 1.01. The molecule has 1 aliphatic heterocycles. The zero-order chi connectivity index (χ0) is 22.2. The van der Waals surface area contributed by atoms with Crippen LogP contribution in [0.4, 0.5) is 10.2 Å². The van der Waals surface area contributed by atoms with Crippen LogP contribution in [0, 0.1) is 5.82 Å². The SMILES string of the molecule is C=CC(=O)N1CCN(c2ncnc3c(F)c(-c4cccc5cccc(Cl)c45)ncc23)CC1. The number of halogens is 2. The lowest BCUT2D eigenvalue weighted by Crippen LogP contribution is -2.48. The number of amides is 1. The number of hydrogen-bond donors (Lipinski definition) is 0. The Bertz CT molecular complexity index is 1360. The van der Waals surface area contributed by atoms with Crippen LogP contribution in [0.1, 0.15) is 0 Å². The van der Waals surface area contributed by atoms with Gasteiger partial charge in [0.1, 0.15) is 23.4 Å². The number of anilines is 1. The predicted molar refractivity (Wildman–Crippen MR) is 124 cm³/mol. The van der Waals surface area contributed by atoms with Crippen LogP contribution in [0.2, 0.25) is 5.02 Å². The highest BCUT2D eigenvalue weighted by Crippen LogP contribution is 2.36. The van der Waals surface area contributed by atoms with E-state index >= 15 is 4.39 Å². The van der Waals surface area contributed by atoms with E-state index in [0.717, 1.165) is 10.8 Å². The van der Waals surface area contributed by atoms with Gasteiger partial charge in [0.25, 0.3) is 0 Å². The Morgan fingerprint density at radius 1 is 1.06 bits per heavy atom. The van der Waals surface area contributed by atoms with Gasteiger partial charge < -0.3 is 9.80 Å². The molecule has 0 unspecified atom stereocenters. The Morgan fingerprint density at radius 3 is 2.56 bits per heavy atom. The smallest absolute Gasteiger partial charge is 0.246 e. The molecule has 3 heterocycles. The third-order valence-electron chi connectivity index (χ3n) is 5.78. The van der Waals surface area contributed by atoms with Crippen LogP contribution in [0.5, 0.6) is 0 Å². The maximum atomic E-state index is 15.7. The zero-order valence-corrected chi connectivity index (χ0v) is 17.9. The Labute approximate surface area is 189 Å². The summed E-state index contributed by atoms with van der Waals surface area (Å²) < 4.78 is 15.7. The predicted octanol–water partition coefficient (Wildman–Crippen LogP) is 4.47. The van der Waals surface area contributed by atoms with Crippen molar-refractivity contribution in [2.24, 2.45) is 0 Å². The van der Waals surface area contributed by atoms with Gasteiger partial charge in [0.2, 0.25) is 5.91 Å². The van der Waals surface area contributed by atoms with Gasteiger partial charge in [0.15, 0.2) is 5.82 Å². The van der Waals surface area contributed by atoms with Crippen molar-refractivity contribution in [1.82, 2.24) is 19.9 Å². The first-order valence-corrected chi connectivity index (χ1v) is 10.6. The van der Waals surface area contributed by atoms with E-state index in [2.05, 4.69) is 21.5 Å². The summed E-state index contributed by atoms with van der Waals surface area (Å²) in [6, 6.07) is 11.2. The molecule has 32 heavy (non-hydrogen) atoms. The number of hydrogen-bond acceptors (Lipinski definition) is 5. The fraction of sp³-hybridized carbons (Fsp3) is 0.167. The molecule has 1 aliphatic rings.